The van der Waals surface area contributed by atoms with Crippen LogP contribution in [-0.4, -0.2) is 46.6 Å². The fraction of sp³-hybridized carbons (Fsp3) is 0.846. The summed E-state index contributed by atoms with van der Waals surface area (Å²) < 4.78 is 4.91. The fourth-order valence-electron chi connectivity index (χ4n) is 0.506. The average Bonchev–Trinajstić information content (AvgIpc) is 2.28. The molecule has 0 aliphatic rings. The Morgan fingerprint density at radius 2 is 1.37 bits per heavy atom. The van der Waals surface area contributed by atoms with Gasteiger partial charge >= 0.3 is 11.9 Å². The number of hydrogen-bond donors (Lipinski definition) is 3. The Morgan fingerprint density at radius 3 is 1.53 bits per heavy atom. The van der Waals surface area contributed by atoms with Crippen molar-refractivity contribution < 1.29 is 29.6 Å². The lowest BCUT2D eigenvalue weighted by atomic mass is 9.95. The maximum Gasteiger partial charge on any atom is 0.314 e. The summed E-state index contributed by atoms with van der Waals surface area (Å²) in [5, 5.41) is 25.4. The van der Waals surface area contributed by atoms with Crippen molar-refractivity contribution >= 4 is 11.9 Å². The molecule has 0 aliphatic carbocycles. The van der Waals surface area contributed by atoms with Gasteiger partial charge in [-0.25, -0.2) is 0 Å². The fourth-order valence-corrected chi connectivity index (χ4v) is 0.506. The molecule has 0 heterocycles. The summed E-state index contributed by atoms with van der Waals surface area (Å²) >= 11 is 0. The van der Waals surface area contributed by atoms with Crippen molar-refractivity contribution in [2.24, 2.45) is 10.8 Å². The van der Waals surface area contributed by atoms with E-state index in [2.05, 4.69) is 0 Å². The van der Waals surface area contributed by atoms with Crippen molar-refractivity contribution in [2.75, 3.05) is 13.2 Å². The van der Waals surface area contributed by atoms with Crippen LogP contribution in [0.15, 0.2) is 0 Å². The Balaban J connectivity index is 0. The monoisotopic (exact) mass is 278 g/mol. The van der Waals surface area contributed by atoms with Gasteiger partial charge in [-0.1, -0.05) is 0 Å². The minimum absolute atomic E-state index is 0.117. The molecule has 0 aromatic carbocycles. The van der Waals surface area contributed by atoms with E-state index < -0.39 is 16.8 Å². The molecule has 114 valence electrons. The van der Waals surface area contributed by atoms with E-state index in [4.69, 9.17) is 20.1 Å². The van der Waals surface area contributed by atoms with Crippen LogP contribution >= 0.6 is 0 Å². The van der Waals surface area contributed by atoms with E-state index in [1.54, 1.807) is 27.7 Å². The molecule has 0 atom stereocenters. The zero-order chi connectivity index (χ0) is 15.9. The number of aliphatic hydroxyl groups is 2. The highest BCUT2D eigenvalue weighted by atomic mass is 16.5. The Hall–Kier alpha value is -1.14. The maximum absolute atomic E-state index is 11.1. The van der Waals surface area contributed by atoms with E-state index >= 15 is 0 Å². The van der Waals surface area contributed by atoms with E-state index in [0.29, 0.717) is 0 Å². The second kappa shape index (κ2) is 8.12. The van der Waals surface area contributed by atoms with Crippen LogP contribution < -0.4 is 0 Å². The van der Waals surface area contributed by atoms with Crippen molar-refractivity contribution in [1.82, 2.24) is 0 Å². The number of aliphatic carboxylic acids is 1. The van der Waals surface area contributed by atoms with Gasteiger partial charge < -0.3 is 20.1 Å². The van der Waals surface area contributed by atoms with E-state index in [1.165, 1.54) is 13.8 Å². The summed E-state index contributed by atoms with van der Waals surface area (Å²) in [7, 11) is 0. The molecule has 0 rings (SSSR count). The molecule has 0 fully saturated rings. The van der Waals surface area contributed by atoms with Gasteiger partial charge in [0.15, 0.2) is 0 Å². The Kier molecular flexibility index (Phi) is 8.62. The topological polar surface area (TPSA) is 104 Å². The molecule has 6 nitrogen and oxygen atoms in total. The van der Waals surface area contributed by atoms with Crippen molar-refractivity contribution in [2.45, 2.75) is 47.6 Å². The summed E-state index contributed by atoms with van der Waals surface area (Å²) in [5.74, 6) is -1.32. The average molecular weight is 278 g/mol. The van der Waals surface area contributed by atoms with E-state index in [-0.39, 0.29) is 25.3 Å². The third kappa shape index (κ3) is 8.56. The van der Waals surface area contributed by atoms with Crippen molar-refractivity contribution in [1.29, 1.82) is 0 Å². The lowest BCUT2D eigenvalue weighted by Gasteiger charge is -2.20. The van der Waals surface area contributed by atoms with Gasteiger partial charge in [-0.15, -0.1) is 0 Å². The third-order valence-corrected chi connectivity index (χ3v) is 2.26. The van der Waals surface area contributed by atoms with Crippen LogP contribution in [0.1, 0.15) is 41.5 Å². The predicted molar refractivity (Wildman–Crippen MR) is 70.6 cm³/mol. The van der Waals surface area contributed by atoms with Crippen LogP contribution in [0.3, 0.4) is 0 Å². The van der Waals surface area contributed by atoms with Gasteiger partial charge in [-0.3, -0.25) is 9.59 Å². The van der Waals surface area contributed by atoms with Gasteiger partial charge in [0, 0.05) is 0 Å². The molecule has 0 bridgehead atoms. The van der Waals surface area contributed by atoms with Crippen molar-refractivity contribution in [3.8, 4) is 0 Å². The lowest BCUT2D eigenvalue weighted by Crippen LogP contribution is -2.31. The van der Waals surface area contributed by atoms with Crippen molar-refractivity contribution in [3.05, 3.63) is 0 Å². The second-order valence-electron chi connectivity index (χ2n) is 5.84. The van der Waals surface area contributed by atoms with E-state index in [0.717, 1.165) is 0 Å². The molecule has 0 radical (unpaired) electrons. The van der Waals surface area contributed by atoms with Crippen LogP contribution in [0.4, 0.5) is 0 Å². The quantitative estimate of drug-likeness (QED) is 0.649. The summed E-state index contributed by atoms with van der Waals surface area (Å²) in [4.78, 5) is 21.2. The number of carboxylic acid groups (broad SMARTS) is 1. The number of aliphatic hydroxyl groups excluding tert-OH is 2. The molecule has 19 heavy (non-hydrogen) atoms. The van der Waals surface area contributed by atoms with Gasteiger partial charge in [-0.2, -0.15) is 0 Å². The number of ether oxygens (including phenoxy) is 1. The molecule has 0 spiro atoms. The zero-order valence-corrected chi connectivity index (χ0v) is 12.6. The molecule has 0 amide bonds. The zero-order valence-electron chi connectivity index (χ0n) is 12.6. The summed E-state index contributed by atoms with van der Waals surface area (Å²) in [6.45, 7) is 9.30. The number of carboxylic acids is 1. The normalized spacial score (nSPS) is 11.6. The van der Waals surface area contributed by atoms with Gasteiger partial charge in [0.1, 0.15) is 0 Å². The first-order chi connectivity index (χ1) is 8.40. The Morgan fingerprint density at radius 1 is 1.00 bits per heavy atom. The minimum Gasteiger partial charge on any atom is -0.481 e. The Labute approximate surface area is 114 Å². The molecule has 6 heteroatoms. The summed E-state index contributed by atoms with van der Waals surface area (Å²) in [6, 6.07) is 0. The van der Waals surface area contributed by atoms with E-state index in [9.17, 15) is 9.59 Å². The molecule has 3 N–H and O–H groups in total. The molecule has 0 unspecified atom stereocenters. The maximum atomic E-state index is 11.1. The number of carbonyl (C=O) groups excluding carboxylic acids is 1. The molecule has 0 aromatic heterocycles. The number of hydrogen-bond acceptors (Lipinski definition) is 5. The van der Waals surface area contributed by atoms with E-state index in [1.807, 2.05) is 0 Å². The summed E-state index contributed by atoms with van der Waals surface area (Å²) in [5.41, 5.74) is -1.76. The molecule has 0 aromatic rings. The van der Waals surface area contributed by atoms with Crippen LogP contribution in [0.5, 0.6) is 0 Å². The lowest BCUT2D eigenvalue weighted by molar-refractivity contribution is -0.160. The molecular weight excluding hydrogens is 252 g/mol. The predicted octanol–water partition coefficient (Wildman–Crippen LogP) is 1.05. The number of esters is 1. The van der Waals surface area contributed by atoms with Gasteiger partial charge in [-0.05, 0) is 41.5 Å². The van der Waals surface area contributed by atoms with Gasteiger partial charge in [0.25, 0.3) is 0 Å². The van der Waals surface area contributed by atoms with Gasteiger partial charge in [0.2, 0.25) is 0 Å². The standard InChI is InChI=1S/C8H16O3.C5H10O3/c1-6(2)11-7(10)8(3,4)5-9;1-5(2,3-6)4(7)8/h6,9H,5H2,1-4H3;6H,3H2,1-2H3,(H,7,8). The first-order valence-corrected chi connectivity index (χ1v) is 6.07. The number of rotatable bonds is 5. The smallest absolute Gasteiger partial charge is 0.314 e. The van der Waals surface area contributed by atoms with Crippen LogP contribution in [0.2, 0.25) is 0 Å². The highest BCUT2D eigenvalue weighted by Crippen LogP contribution is 2.16. The highest BCUT2D eigenvalue weighted by Gasteiger charge is 2.28. The Bertz CT molecular complexity index is 294. The van der Waals surface area contributed by atoms with Crippen LogP contribution in [0, 0.1) is 10.8 Å². The first-order valence-electron chi connectivity index (χ1n) is 6.07. The van der Waals surface area contributed by atoms with Crippen LogP contribution in [-0.2, 0) is 14.3 Å². The van der Waals surface area contributed by atoms with Gasteiger partial charge in [0.05, 0.1) is 30.1 Å². The number of carbonyl (C=O) groups is 2. The highest BCUT2D eigenvalue weighted by molar-refractivity contribution is 5.76. The second-order valence-corrected chi connectivity index (χ2v) is 5.84. The molecule has 0 saturated carbocycles. The van der Waals surface area contributed by atoms with Crippen molar-refractivity contribution in [3.63, 3.8) is 0 Å². The third-order valence-electron chi connectivity index (χ3n) is 2.26. The molecular formula is C13H26O6. The molecule has 0 aliphatic heterocycles. The minimum atomic E-state index is -0.986. The largest absolute Gasteiger partial charge is 0.481 e. The summed E-state index contributed by atoms with van der Waals surface area (Å²) in [6.07, 6.45) is -0.117. The molecule has 0 saturated heterocycles. The van der Waals surface area contributed by atoms with Crippen LogP contribution in [0.25, 0.3) is 0 Å². The SMILES string of the molecule is CC(C)(CO)C(=O)O.CC(C)OC(=O)C(C)(C)CO. The first kappa shape index (κ1) is 20.2.